The van der Waals surface area contributed by atoms with Gasteiger partial charge < -0.3 is 15.1 Å². The molecule has 0 aliphatic heterocycles. The summed E-state index contributed by atoms with van der Waals surface area (Å²) in [6.07, 6.45) is 1.88. The molecule has 0 spiro atoms. The summed E-state index contributed by atoms with van der Waals surface area (Å²) in [5.74, 6) is 5.42. The molecule has 100 valence electrons. The molecule has 1 aromatic heterocycles. The number of nitrogens with one attached hydrogen (secondary N) is 1. The summed E-state index contributed by atoms with van der Waals surface area (Å²) in [4.78, 5) is 0. The van der Waals surface area contributed by atoms with Crippen LogP contribution in [-0.4, -0.2) is 9.67 Å². The van der Waals surface area contributed by atoms with E-state index >= 15 is 0 Å². The van der Waals surface area contributed by atoms with Gasteiger partial charge in [0.25, 0.3) is 0 Å². The molecule has 4 nitrogen and oxygen atoms in total. The molecule has 0 saturated heterocycles. The SMILES string of the molecule is CC(c1ccccc1)n1ccc(NN)c(CO)c1=S. The van der Waals surface area contributed by atoms with Crippen molar-refractivity contribution in [1.29, 1.82) is 0 Å². The molecular weight excluding hydrogens is 258 g/mol. The molecule has 5 heteroatoms. The third-order valence-corrected chi connectivity index (χ3v) is 3.69. The molecule has 0 radical (unpaired) electrons. The molecule has 1 aromatic carbocycles. The molecular formula is C14H17N3OS. The van der Waals surface area contributed by atoms with Crippen molar-refractivity contribution >= 4 is 17.9 Å². The van der Waals surface area contributed by atoms with E-state index in [4.69, 9.17) is 18.1 Å². The molecule has 2 rings (SSSR count). The molecule has 0 aliphatic rings. The number of aliphatic hydroxyl groups excluding tert-OH is 1. The van der Waals surface area contributed by atoms with Crippen molar-refractivity contribution in [2.45, 2.75) is 19.6 Å². The van der Waals surface area contributed by atoms with Crippen LogP contribution in [-0.2, 0) is 6.61 Å². The lowest BCUT2D eigenvalue weighted by molar-refractivity contribution is 0.280. The molecule has 0 bridgehead atoms. The normalized spacial score (nSPS) is 12.2. The Balaban J connectivity index is 2.49. The van der Waals surface area contributed by atoms with Crippen molar-refractivity contribution in [2.24, 2.45) is 5.84 Å². The highest BCUT2D eigenvalue weighted by atomic mass is 32.1. The van der Waals surface area contributed by atoms with Crippen LogP contribution in [0.3, 0.4) is 0 Å². The van der Waals surface area contributed by atoms with E-state index in [2.05, 4.69) is 24.5 Å². The Kier molecular flexibility index (Phi) is 4.31. The molecule has 0 fully saturated rings. The van der Waals surface area contributed by atoms with Crippen LogP contribution in [0.5, 0.6) is 0 Å². The lowest BCUT2D eigenvalue weighted by Gasteiger charge is -2.19. The van der Waals surface area contributed by atoms with Gasteiger partial charge in [-0.1, -0.05) is 42.5 Å². The van der Waals surface area contributed by atoms with Crippen LogP contribution < -0.4 is 11.3 Å². The zero-order valence-corrected chi connectivity index (χ0v) is 11.5. The maximum Gasteiger partial charge on any atom is 0.114 e. The number of aromatic nitrogens is 1. The highest BCUT2D eigenvalue weighted by molar-refractivity contribution is 7.71. The van der Waals surface area contributed by atoms with Gasteiger partial charge in [-0.3, -0.25) is 5.84 Å². The molecule has 1 atom stereocenters. The number of pyridine rings is 1. The summed E-state index contributed by atoms with van der Waals surface area (Å²) in [7, 11) is 0. The van der Waals surface area contributed by atoms with Gasteiger partial charge in [0.05, 0.1) is 18.3 Å². The van der Waals surface area contributed by atoms with Crippen molar-refractivity contribution in [1.82, 2.24) is 4.57 Å². The van der Waals surface area contributed by atoms with Crippen LogP contribution in [0.1, 0.15) is 24.1 Å². The number of nitrogens with two attached hydrogens (primary N) is 1. The van der Waals surface area contributed by atoms with Crippen LogP contribution in [0, 0.1) is 4.64 Å². The summed E-state index contributed by atoms with van der Waals surface area (Å²) in [5, 5.41) is 9.43. The van der Waals surface area contributed by atoms with E-state index in [1.165, 1.54) is 0 Å². The second kappa shape index (κ2) is 5.97. The topological polar surface area (TPSA) is 63.2 Å². The Morgan fingerprint density at radius 3 is 2.58 bits per heavy atom. The van der Waals surface area contributed by atoms with Crippen LogP contribution in [0.4, 0.5) is 5.69 Å². The first-order valence-electron chi connectivity index (χ1n) is 6.05. The van der Waals surface area contributed by atoms with Gasteiger partial charge in [-0.2, -0.15) is 0 Å². The first kappa shape index (κ1) is 13.7. The number of nitrogens with zero attached hydrogens (tertiary/aromatic N) is 1. The zero-order chi connectivity index (χ0) is 13.8. The lowest BCUT2D eigenvalue weighted by atomic mass is 10.1. The van der Waals surface area contributed by atoms with Crippen LogP contribution in [0.2, 0.25) is 0 Å². The predicted molar refractivity (Wildman–Crippen MR) is 79.3 cm³/mol. The maximum atomic E-state index is 9.43. The largest absolute Gasteiger partial charge is 0.391 e. The van der Waals surface area contributed by atoms with Gasteiger partial charge in [0, 0.05) is 11.8 Å². The van der Waals surface area contributed by atoms with Crippen LogP contribution >= 0.6 is 12.2 Å². The average Bonchev–Trinajstić information content (AvgIpc) is 2.47. The van der Waals surface area contributed by atoms with E-state index in [-0.39, 0.29) is 12.6 Å². The summed E-state index contributed by atoms with van der Waals surface area (Å²) < 4.78 is 2.55. The van der Waals surface area contributed by atoms with Crippen molar-refractivity contribution in [3.8, 4) is 0 Å². The minimum Gasteiger partial charge on any atom is -0.391 e. The molecule has 19 heavy (non-hydrogen) atoms. The highest BCUT2D eigenvalue weighted by Crippen LogP contribution is 2.23. The summed E-state index contributed by atoms with van der Waals surface area (Å²) in [5.41, 5.74) is 5.01. The fourth-order valence-electron chi connectivity index (χ4n) is 2.08. The number of anilines is 1. The van der Waals surface area contributed by atoms with E-state index < -0.39 is 0 Å². The van der Waals surface area contributed by atoms with E-state index in [1.54, 1.807) is 0 Å². The van der Waals surface area contributed by atoms with Crippen molar-refractivity contribution in [3.63, 3.8) is 0 Å². The average molecular weight is 275 g/mol. The molecule has 0 aliphatic carbocycles. The van der Waals surface area contributed by atoms with E-state index in [1.807, 2.05) is 35.0 Å². The maximum absolute atomic E-state index is 9.43. The summed E-state index contributed by atoms with van der Waals surface area (Å²) in [6.45, 7) is 1.93. The molecule has 4 N–H and O–H groups in total. The second-order valence-electron chi connectivity index (χ2n) is 4.31. The van der Waals surface area contributed by atoms with Gasteiger partial charge in [-0.05, 0) is 18.6 Å². The van der Waals surface area contributed by atoms with Gasteiger partial charge >= 0.3 is 0 Å². The monoisotopic (exact) mass is 275 g/mol. The molecule has 0 saturated carbocycles. The number of hydrogen-bond acceptors (Lipinski definition) is 4. The Morgan fingerprint density at radius 2 is 2.00 bits per heavy atom. The van der Waals surface area contributed by atoms with Crippen molar-refractivity contribution < 1.29 is 5.11 Å². The summed E-state index contributed by atoms with van der Waals surface area (Å²) >= 11 is 5.43. The molecule has 1 heterocycles. The highest BCUT2D eigenvalue weighted by Gasteiger charge is 2.11. The fourth-order valence-corrected chi connectivity index (χ4v) is 2.47. The van der Waals surface area contributed by atoms with Crippen LogP contribution in [0.15, 0.2) is 42.6 Å². The standard InChI is InChI=1S/C14H17N3OS/c1-10(11-5-3-2-4-6-11)17-8-7-13(16-15)12(9-18)14(17)19/h2-8,10,16,18H,9,15H2,1H3. The lowest BCUT2D eigenvalue weighted by Crippen LogP contribution is -2.14. The minimum atomic E-state index is -0.138. The Labute approximate surface area is 117 Å². The zero-order valence-electron chi connectivity index (χ0n) is 10.7. The van der Waals surface area contributed by atoms with Gasteiger partial charge in [0.15, 0.2) is 0 Å². The number of hydrogen-bond donors (Lipinski definition) is 3. The van der Waals surface area contributed by atoms with Gasteiger partial charge in [-0.15, -0.1) is 0 Å². The Morgan fingerprint density at radius 1 is 1.32 bits per heavy atom. The Hall–Kier alpha value is -1.69. The van der Waals surface area contributed by atoms with E-state index in [9.17, 15) is 5.11 Å². The molecule has 2 aromatic rings. The smallest absolute Gasteiger partial charge is 0.114 e. The summed E-state index contributed by atoms with van der Waals surface area (Å²) in [6, 6.07) is 12.0. The van der Waals surface area contributed by atoms with Crippen LogP contribution in [0.25, 0.3) is 0 Å². The number of rotatable bonds is 4. The van der Waals surface area contributed by atoms with E-state index in [0.717, 1.165) is 5.56 Å². The molecule has 1 unspecified atom stereocenters. The third-order valence-electron chi connectivity index (χ3n) is 3.23. The predicted octanol–water partition coefficient (Wildman–Crippen LogP) is 2.60. The number of aliphatic hydroxyl groups is 1. The Bertz CT molecular complexity index is 610. The van der Waals surface area contributed by atoms with Crippen molar-refractivity contribution in [3.05, 3.63) is 58.4 Å². The van der Waals surface area contributed by atoms with Gasteiger partial charge in [-0.25, -0.2) is 0 Å². The first-order valence-corrected chi connectivity index (χ1v) is 6.46. The number of hydrazine groups is 1. The number of benzene rings is 1. The first-order chi connectivity index (χ1) is 9.19. The fraction of sp³-hybridized carbons (Fsp3) is 0.214. The third kappa shape index (κ3) is 2.68. The second-order valence-corrected chi connectivity index (χ2v) is 4.70. The van der Waals surface area contributed by atoms with Crippen molar-refractivity contribution in [2.75, 3.05) is 5.43 Å². The minimum absolute atomic E-state index is 0.103. The van der Waals surface area contributed by atoms with E-state index in [0.29, 0.717) is 15.9 Å². The molecule has 0 amide bonds. The quantitative estimate of drug-likeness (QED) is 0.456. The van der Waals surface area contributed by atoms with Gasteiger partial charge in [0.2, 0.25) is 0 Å². The van der Waals surface area contributed by atoms with Gasteiger partial charge in [0.1, 0.15) is 4.64 Å². The number of nitrogen functional groups attached to an aromatic ring is 1.